The molecule has 21 heavy (non-hydrogen) atoms. The molecule has 1 fully saturated rings. The summed E-state index contributed by atoms with van der Waals surface area (Å²) in [6.07, 6.45) is 2.18. The van der Waals surface area contributed by atoms with E-state index in [0.717, 1.165) is 18.5 Å². The van der Waals surface area contributed by atoms with E-state index < -0.39 is 17.3 Å². The molecule has 6 heteroatoms. The maximum absolute atomic E-state index is 12.4. The van der Waals surface area contributed by atoms with Crippen LogP contribution in [-0.2, 0) is 22.4 Å². The second kappa shape index (κ2) is 5.69. The zero-order valence-electron chi connectivity index (χ0n) is 11.5. The lowest BCUT2D eigenvalue weighted by Crippen LogP contribution is -2.42. The number of ketones is 1. The van der Waals surface area contributed by atoms with Gasteiger partial charge in [-0.2, -0.15) is 0 Å². The largest absolute Gasteiger partial charge is 0.480 e. The van der Waals surface area contributed by atoms with Crippen LogP contribution < -0.4 is 11.1 Å². The summed E-state index contributed by atoms with van der Waals surface area (Å²) in [6.45, 7) is 0. The summed E-state index contributed by atoms with van der Waals surface area (Å²) >= 11 is 1.40. The number of hydrogen-bond donors (Lipinski definition) is 3. The monoisotopic (exact) mass is 306 g/mol. The normalized spacial score (nSPS) is 27.5. The van der Waals surface area contributed by atoms with Gasteiger partial charge in [-0.15, -0.1) is 11.8 Å². The fourth-order valence-electron chi connectivity index (χ4n) is 3.20. The first-order valence-electron chi connectivity index (χ1n) is 7.02. The van der Waals surface area contributed by atoms with E-state index >= 15 is 0 Å². The number of hydrogen-bond acceptors (Lipinski definition) is 5. The summed E-state index contributed by atoms with van der Waals surface area (Å²) in [7, 11) is 0. The van der Waals surface area contributed by atoms with Crippen LogP contribution in [0.3, 0.4) is 0 Å². The number of benzene rings is 1. The molecule has 1 aromatic rings. The molecule has 2 unspecified atom stereocenters. The van der Waals surface area contributed by atoms with Gasteiger partial charge >= 0.3 is 5.97 Å². The van der Waals surface area contributed by atoms with E-state index in [9.17, 15) is 9.59 Å². The zero-order valence-corrected chi connectivity index (χ0v) is 12.4. The molecule has 1 aliphatic carbocycles. The number of nitrogen functional groups attached to an aromatic ring is 1. The third-order valence-electron chi connectivity index (χ3n) is 4.19. The van der Waals surface area contributed by atoms with E-state index in [1.165, 1.54) is 22.9 Å². The number of rotatable bonds is 4. The minimum atomic E-state index is -0.944. The molecule has 3 atom stereocenters. The Kier molecular flexibility index (Phi) is 3.91. The van der Waals surface area contributed by atoms with Crippen molar-refractivity contribution in [2.24, 2.45) is 5.92 Å². The van der Waals surface area contributed by atoms with Crippen LogP contribution in [0, 0.1) is 5.92 Å². The van der Waals surface area contributed by atoms with E-state index in [1.807, 2.05) is 18.2 Å². The minimum absolute atomic E-state index is 0.0446. The summed E-state index contributed by atoms with van der Waals surface area (Å²) in [5, 5.41) is 11.5. The molecular formula is C15H18N2O3S. The Morgan fingerprint density at radius 2 is 2.10 bits per heavy atom. The van der Waals surface area contributed by atoms with Crippen molar-refractivity contribution < 1.29 is 14.7 Å². The van der Waals surface area contributed by atoms with Crippen LogP contribution in [0.5, 0.6) is 0 Å². The predicted molar refractivity (Wildman–Crippen MR) is 82.2 cm³/mol. The Labute approximate surface area is 127 Å². The van der Waals surface area contributed by atoms with Gasteiger partial charge in [0.2, 0.25) is 0 Å². The van der Waals surface area contributed by atoms with E-state index in [0.29, 0.717) is 12.3 Å². The van der Waals surface area contributed by atoms with E-state index in [-0.39, 0.29) is 11.7 Å². The number of carboxylic acids is 1. The lowest BCUT2D eigenvalue weighted by molar-refractivity contribution is -0.140. The third-order valence-corrected chi connectivity index (χ3v) is 5.42. The molecule has 0 spiro atoms. The molecule has 3 rings (SSSR count). The van der Waals surface area contributed by atoms with Gasteiger partial charge in [-0.25, -0.2) is 0 Å². The van der Waals surface area contributed by atoms with Crippen LogP contribution in [0.15, 0.2) is 18.2 Å². The average Bonchev–Trinajstić information content (AvgIpc) is 3.03. The number of thioether (sulfide) groups is 1. The molecule has 0 saturated carbocycles. The number of nitrogens with one attached hydrogen (secondary N) is 1. The zero-order chi connectivity index (χ0) is 15.0. The molecule has 1 saturated heterocycles. The quantitative estimate of drug-likeness (QED) is 0.720. The summed E-state index contributed by atoms with van der Waals surface area (Å²) in [6, 6.07) is 5.15. The summed E-state index contributed by atoms with van der Waals surface area (Å²) in [5.74, 6) is -0.108. The van der Waals surface area contributed by atoms with Gasteiger partial charge in [0, 0.05) is 18.0 Å². The molecule has 0 radical (unpaired) electrons. The minimum Gasteiger partial charge on any atom is -0.480 e. The van der Waals surface area contributed by atoms with Crippen LogP contribution in [0.25, 0.3) is 0 Å². The van der Waals surface area contributed by atoms with Gasteiger partial charge < -0.3 is 10.8 Å². The number of carboxylic acid groups (broad SMARTS) is 1. The van der Waals surface area contributed by atoms with Gasteiger partial charge in [-0.3, -0.25) is 14.9 Å². The van der Waals surface area contributed by atoms with Crippen LogP contribution in [0.2, 0.25) is 0 Å². The Bertz CT molecular complexity index is 590. The number of fused-ring (bicyclic) bond motifs is 1. The number of carbonyl (C=O) groups excluding carboxylic acids is 1. The summed E-state index contributed by atoms with van der Waals surface area (Å²) in [4.78, 5) is 23.5. The first-order chi connectivity index (χ1) is 10.0. The number of anilines is 1. The van der Waals surface area contributed by atoms with Gasteiger partial charge in [0.1, 0.15) is 11.8 Å². The van der Waals surface area contributed by atoms with E-state index in [1.54, 1.807) is 0 Å². The Morgan fingerprint density at radius 1 is 1.33 bits per heavy atom. The highest BCUT2D eigenvalue weighted by atomic mass is 32.2. The van der Waals surface area contributed by atoms with Crippen LogP contribution >= 0.6 is 11.8 Å². The SMILES string of the molecule is Nc1ccc2c(c1)CC(CC(=O)C1SCN[C@@H]1C(=O)O)C2. The summed E-state index contributed by atoms with van der Waals surface area (Å²) in [5.41, 5.74) is 9.02. The molecular weight excluding hydrogens is 288 g/mol. The van der Waals surface area contributed by atoms with Crippen molar-refractivity contribution in [2.45, 2.75) is 30.6 Å². The first kappa shape index (κ1) is 14.4. The molecule has 1 aromatic carbocycles. The Morgan fingerprint density at radius 3 is 2.86 bits per heavy atom. The highest BCUT2D eigenvalue weighted by molar-refractivity contribution is 8.00. The highest BCUT2D eigenvalue weighted by Crippen LogP contribution is 2.32. The second-order valence-corrected chi connectivity index (χ2v) is 6.85. The van der Waals surface area contributed by atoms with Crippen LogP contribution in [-0.4, -0.2) is 34.0 Å². The molecule has 1 heterocycles. The molecule has 2 aliphatic rings. The standard InChI is InChI=1S/C15H18N2O3S/c16-11-2-1-9-3-8(4-10(9)6-11)5-12(18)14-13(15(19)20)17-7-21-14/h1-2,6,8,13-14,17H,3-5,7,16H2,(H,19,20)/t8?,13-,14?/m0/s1. The van der Waals surface area contributed by atoms with Crippen molar-refractivity contribution in [1.82, 2.24) is 5.32 Å². The van der Waals surface area contributed by atoms with Crippen molar-refractivity contribution in [3.05, 3.63) is 29.3 Å². The van der Waals surface area contributed by atoms with Crippen molar-refractivity contribution in [3.8, 4) is 0 Å². The number of Topliss-reactive ketones (excluding diaryl/α,β-unsaturated/α-hetero) is 1. The molecule has 1 aliphatic heterocycles. The van der Waals surface area contributed by atoms with Crippen LogP contribution in [0.4, 0.5) is 5.69 Å². The van der Waals surface area contributed by atoms with Crippen LogP contribution in [0.1, 0.15) is 17.5 Å². The predicted octanol–water partition coefficient (Wildman–Crippen LogP) is 1.06. The molecule has 5 nitrogen and oxygen atoms in total. The number of aliphatic carboxylic acids is 1. The molecule has 0 amide bonds. The van der Waals surface area contributed by atoms with E-state index in [4.69, 9.17) is 10.8 Å². The lowest BCUT2D eigenvalue weighted by atomic mass is 9.96. The fraction of sp³-hybridized carbons (Fsp3) is 0.467. The summed E-state index contributed by atoms with van der Waals surface area (Å²) < 4.78 is 0. The Balaban J connectivity index is 1.63. The molecule has 112 valence electrons. The maximum atomic E-state index is 12.4. The molecule has 0 aromatic heterocycles. The van der Waals surface area contributed by atoms with Gasteiger partial charge in [0.25, 0.3) is 0 Å². The van der Waals surface area contributed by atoms with Gasteiger partial charge in [0.05, 0.1) is 5.25 Å². The molecule has 0 bridgehead atoms. The highest BCUT2D eigenvalue weighted by Gasteiger charge is 2.39. The second-order valence-electron chi connectivity index (χ2n) is 5.72. The third kappa shape index (κ3) is 2.91. The topological polar surface area (TPSA) is 92.4 Å². The first-order valence-corrected chi connectivity index (χ1v) is 8.07. The van der Waals surface area contributed by atoms with Crippen molar-refractivity contribution in [2.75, 3.05) is 11.6 Å². The van der Waals surface area contributed by atoms with E-state index in [2.05, 4.69) is 5.32 Å². The molecule has 4 N–H and O–H groups in total. The van der Waals surface area contributed by atoms with Crippen molar-refractivity contribution in [3.63, 3.8) is 0 Å². The van der Waals surface area contributed by atoms with Gasteiger partial charge in [-0.1, -0.05) is 6.07 Å². The van der Waals surface area contributed by atoms with Crippen molar-refractivity contribution >= 4 is 29.2 Å². The number of carbonyl (C=O) groups is 2. The Hall–Kier alpha value is -1.53. The van der Waals surface area contributed by atoms with Crippen molar-refractivity contribution in [1.29, 1.82) is 0 Å². The lowest BCUT2D eigenvalue weighted by Gasteiger charge is -2.15. The fourth-order valence-corrected chi connectivity index (χ4v) is 4.34. The smallest absolute Gasteiger partial charge is 0.322 e. The number of nitrogens with two attached hydrogens (primary N) is 1. The average molecular weight is 306 g/mol. The maximum Gasteiger partial charge on any atom is 0.322 e. The van der Waals surface area contributed by atoms with Gasteiger partial charge in [0.15, 0.2) is 0 Å². The van der Waals surface area contributed by atoms with Gasteiger partial charge in [-0.05, 0) is 42.0 Å².